The minimum atomic E-state index is -0.106. The second kappa shape index (κ2) is 7.81. The predicted molar refractivity (Wildman–Crippen MR) is 94.5 cm³/mol. The van der Waals surface area contributed by atoms with Crippen molar-refractivity contribution >= 4 is 11.3 Å². The largest absolute Gasteiger partial charge is 0.379 e. The molecule has 0 bridgehead atoms. The fourth-order valence-corrected chi connectivity index (χ4v) is 4.81. The lowest BCUT2D eigenvalue weighted by Crippen LogP contribution is -2.46. The molecule has 0 aromatic carbocycles. The first kappa shape index (κ1) is 16.9. The van der Waals surface area contributed by atoms with Gasteiger partial charge in [-0.05, 0) is 24.3 Å². The maximum absolute atomic E-state index is 6.58. The molecule has 0 N–H and O–H groups in total. The van der Waals surface area contributed by atoms with Crippen molar-refractivity contribution in [2.75, 3.05) is 59.2 Å². The summed E-state index contributed by atoms with van der Waals surface area (Å²) in [6.45, 7) is 9.38. The zero-order chi connectivity index (χ0) is 16.2. The number of morpholine rings is 1. The van der Waals surface area contributed by atoms with Crippen molar-refractivity contribution in [1.82, 2.24) is 9.80 Å². The second-order valence-corrected chi connectivity index (χ2v) is 8.25. The molecule has 2 atom stereocenters. The van der Waals surface area contributed by atoms with Crippen LogP contribution >= 0.6 is 11.3 Å². The van der Waals surface area contributed by atoms with Crippen molar-refractivity contribution in [3.8, 4) is 0 Å². The molecule has 0 saturated carbocycles. The standard InChI is InChI=1S/C18H28N2O3S/c1-2-17(24-11-1)13-20-7-10-22-15-18(14-20)4-3-16(23-18)12-19-5-8-21-9-6-19/h1-2,11,16H,3-10,12-15H2/t16-,18-/m0/s1. The summed E-state index contributed by atoms with van der Waals surface area (Å²) < 4.78 is 17.9. The molecule has 4 rings (SSSR count). The summed E-state index contributed by atoms with van der Waals surface area (Å²) in [6.07, 6.45) is 2.60. The molecule has 3 aliphatic heterocycles. The van der Waals surface area contributed by atoms with E-state index in [0.29, 0.717) is 6.10 Å². The number of rotatable bonds is 4. The monoisotopic (exact) mass is 352 g/mol. The maximum Gasteiger partial charge on any atom is 0.105 e. The van der Waals surface area contributed by atoms with Gasteiger partial charge in [-0.3, -0.25) is 9.80 Å². The van der Waals surface area contributed by atoms with E-state index < -0.39 is 0 Å². The highest BCUT2D eigenvalue weighted by atomic mass is 32.1. The van der Waals surface area contributed by atoms with Crippen molar-refractivity contribution in [2.24, 2.45) is 0 Å². The van der Waals surface area contributed by atoms with Crippen LogP contribution < -0.4 is 0 Å². The third-order valence-electron chi connectivity index (χ3n) is 5.29. The van der Waals surface area contributed by atoms with E-state index >= 15 is 0 Å². The maximum atomic E-state index is 6.58. The van der Waals surface area contributed by atoms with Gasteiger partial charge in [0, 0.05) is 44.1 Å². The summed E-state index contributed by atoms with van der Waals surface area (Å²) in [5.41, 5.74) is -0.106. The highest BCUT2D eigenvalue weighted by Gasteiger charge is 2.43. The van der Waals surface area contributed by atoms with Crippen LogP contribution in [0.5, 0.6) is 0 Å². The van der Waals surface area contributed by atoms with Gasteiger partial charge in [-0.25, -0.2) is 0 Å². The van der Waals surface area contributed by atoms with E-state index in [0.717, 1.165) is 78.5 Å². The average Bonchev–Trinajstić information content (AvgIpc) is 3.18. The van der Waals surface area contributed by atoms with E-state index in [9.17, 15) is 0 Å². The Morgan fingerprint density at radius 2 is 1.96 bits per heavy atom. The predicted octanol–water partition coefficient (Wildman–Crippen LogP) is 1.83. The Balaban J connectivity index is 1.34. The number of ether oxygens (including phenoxy) is 3. The zero-order valence-electron chi connectivity index (χ0n) is 14.3. The summed E-state index contributed by atoms with van der Waals surface area (Å²) in [6, 6.07) is 4.36. The van der Waals surface area contributed by atoms with Gasteiger partial charge in [0.1, 0.15) is 5.60 Å². The van der Waals surface area contributed by atoms with Gasteiger partial charge in [0.15, 0.2) is 0 Å². The third-order valence-corrected chi connectivity index (χ3v) is 6.15. The van der Waals surface area contributed by atoms with Crippen LogP contribution in [0.1, 0.15) is 17.7 Å². The Kier molecular flexibility index (Phi) is 5.51. The molecule has 134 valence electrons. The lowest BCUT2D eigenvalue weighted by molar-refractivity contribution is -0.0966. The van der Waals surface area contributed by atoms with Gasteiger partial charge in [-0.2, -0.15) is 0 Å². The van der Waals surface area contributed by atoms with Crippen molar-refractivity contribution < 1.29 is 14.2 Å². The summed E-state index contributed by atoms with van der Waals surface area (Å²) in [4.78, 5) is 6.42. The molecule has 1 aromatic rings. The van der Waals surface area contributed by atoms with Crippen molar-refractivity contribution in [3.05, 3.63) is 22.4 Å². The molecule has 0 radical (unpaired) electrons. The molecule has 6 heteroatoms. The number of nitrogens with zero attached hydrogens (tertiary/aromatic N) is 2. The first-order valence-corrected chi connectivity index (χ1v) is 10.00. The third kappa shape index (κ3) is 4.18. The van der Waals surface area contributed by atoms with Crippen molar-refractivity contribution in [3.63, 3.8) is 0 Å². The molecule has 3 fully saturated rings. The first-order valence-electron chi connectivity index (χ1n) is 9.12. The van der Waals surface area contributed by atoms with Crippen molar-refractivity contribution in [2.45, 2.75) is 31.1 Å². The highest BCUT2D eigenvalue weighted by Crippen LogP contribution is 2.34. The Morgan fingerprint density at radius 1 is 1.12 bits per heavy atom. The minimum Gasteiger partial charge on any atom is -0.379 e. The molecule has 5 nitrogen and oxygen atoms in total. The molecule has 3 aliphatic rings. The molecule has 1 spiro atoms. The van der Waals surface area contributed by atoms with Crippen LogP contribution in [0.2, 0.25) is 0 Å². The van der Waals surface area contributed by atoms with Gasteiger partial charge in [0.2, 0.25) is 0 Å². The van der Waals surface area contributed by atoms with Gasteiger partial charge >= 0.3 is 0 Å². The van der Waals surface area contributed by atoms with Gasteiger partial charge in [-0.1, -0.05) is 6.07 Å². The average molecular weight is 353 g/mol. The molecule has 3 saturated heterocycles. The Hall–Kier alpha value is -0.500. The van der Waals surface area contributed by atoms with E-state index in [-0.39, 0.29) is 5.60 Å². The SMILES string of the molecule is c1csc(CN2CCOC[C@]3(CC[C@@H](CN4CCOCC4)O3)C2)c1. The molecular weight excluding hydrogens is 324 g/mol. The van der Waals surface area contributed by atoms with Crippen LogP contribution in [0.3, 0.4) is 0 Å². The second-order valence-electron chi connectivity index (χ2n) is 7.22. The first-order chi connectivity index (χ1) is 11.8. The van der Waals surface area contributed by atoms with Gasteiger partial charge in [-0.15, -0.1) is 11.3 Å². The lowest BCUT2D eigenvalue weighted by Gasteiger charge is -2.33. The highest BCUT2D eigenvalue weighted by molar-refractivity contribution is 7.09. The van der Waals surface area contributed by atoms with E-state index in [4.69, 9.17) is 14.2 Å². The molecule has 0 unspecified atom stereocenters. The van der Waals surface area contributed by atoms with Crippen LogP contribution in [0.4, 0.5) is 0 Å². The molecule has 24 heavy (non-hydrogen) atoms. The summed E-state index contributed by atoms with van der Waals surface area (Å²) >= 11 is 1.84. The molecule has 1 aromatic heterocycles. The van der Waals surface area contributed by atoms with Gasteiger partial charge in [0.05, 0.1) is 32.5 Å². The molecule has 0 amide bonds. The quantitative estimate of drug-likeness (QED) is 0.826. The number of thiophene rings is 1. The van der Waals surface area contributed by atoms with E-state index in [1.807, 2.05) is 11.3 Å². The number of hydrogen-bond acceptors (Lipinski definition) is 6. The van der Waals surface area contributed by atoms with Crippen LogP contribution in [0.15, 0.2) is 17.5 Å². The van der Waals surface area contributed by atoms with Gasteiger partial charge in [0.25, 0.3) is 0 Å². The zero-order valence-corrected chi connectivity index (χ0v) is 15.1. The van der Waals surface area contributed by atoms with E-state index in [1.54, 1.807) is 0 Å². The van der Waals surface area contributed by atoms with Crippen LogP contribution in [0, 0.1) is 0 Å². The fourth-order valence-electron chi connectivity index (χ4n) is 4.06. The van der Waals surface area contributed by atoms with Crippen LogP contribution in [0.25, 0.3) is 0 Å². The fraction of sp³-hybridized carbons (Fsp3) is 0.778. The molecule has 0 aliphatic carbocycles. The number of hydrogen-bond donors (Lipinski definition) is 0. The van der Waals surface area contributed by atoms with E-state index in [1.165, 1.54) is 4.88 Å². The Labute approximate surface area is 148 Å². The van der Waals surface area contributed by atoms with Gasteiger partial charge < -0.3 is 14.2 Å². The lowest BCUT2D eigenvalue weighted by atomic mass is 10.00. The summed E-state index contributed by atoms with van der Waals surface area (Å²) in [5, 5.41) is 2.16. The summed E-state index contributed by atoms with van der Waals surface area (Å²) in [5.74, 6) is 0. The molecular formula is C18H28N2O3S. The normalized spacial score (nSPS) is 33.1. The minimum absolute atomic E-state index is 0.106. The van der Waals surface area contributed by atoms with E-state index in [2.05, 4.69) is 27.3 Å². The van der Waals surface area contributed by atoms with Crippen molar-refractivity contribution in [1.29, 1.82) is 0 Å². The molecule has 4 heterocycles. The Morgan fingerprint density at radius 3 is 2.79 bits per heavy atom. The smallest absolute Gasteiger partial charge is 0.105 e. The Bertz CT molecular complexity index is 506. The van der Waals surface area contributed by atoms with Crippen LogP contribution in [-0.4, -0.2) is 80.7 Å². The van der Waals surface area contributed by atoms with Crippen LogP contribution in [-0.2, 0) is 20.8 Å². The topological polar surface area (TPSA) is 34.2 Å². The summed E-state index contributed by atoms with van der Waals surface area (Å²) in [7, 11) is 0.